The summed E-state index contributed by atoms with van der Waals surface area (Å²) in [5, 5.41) is 1.49. The maximum absolute atomic E-state index is 12.6. The molecule has 26 heavy (non-hydrogen) atoms. The van der Waals surface area contributed by atoms with Gasteiger partial charge >= 0.3 is 0 Å². The number of likely N-dealkylation sites (tertiary alicyclic amines) is 1. The van der Waals surface area contributed by atoms with Gasteiger partial charge in [0.25, 0.3) is 5.91 Å². The Kier molecular flexibility index (Phi) is 5.75. The first kappa shape index (κ1) is 17.8. The lowest BCUT2D eigenvalue weighted by Gasteiger charge is -2.36. The van der Waals surface area contributed by atoms with Gasteiger partial charge in [-0.1, -0.05) is 18.9 Å². The average Bonchev–Trinajstić information content (AvgIpc) is 3.24. The Bertz CT molecular complexity index is 601. The summed E-state index contributed by atoms with van der Waals surface area (Å²) in [5.74, 6) is 0.735. The van der Waals surface area contributed by atoms with Crippen LogP contribution in [0.2, 0.25) is 0 Å². The lowest BCUT2D eigenvalue weighted by atomic mass is 10.0. The Morgan fingerprint density at radius 1 is 1.00 bits per heavy atom. The van der Waals surface area contributed by atoms with Crippen LogP contribution >= 0.6 is 0 Å². The van der Waals surface area contributed by atoms with E-state index < -0.39 is 0 Å². The molecule has 2 heterocycles. The SMILES string of the molecule is O=C(c1cccc(OC2CCN(C3CCCC3)CC2)c1)N1CCCCO1. The molecule has 1 amide bonds. The van der Waals surface area contributed by atoms with E-state index in [1.807, 2.05) is 24.3 Å². The number of benzene rings is 1. The van der Waals surface area contributed by atoms with Crippen LogP contribution in [0.1, 0.15) is 61.7 Å². The van der Waals surface area contributed by atoms with Crippen LogP contribution in [0, 0.1) is 0 Å². The highest BCUT2D eigenvalue weighted by Crippen LogP contribution is 2.28. The van der Waals surface area contributed by atoms with Crippen molar-refractivity contribution in [3.8, 4) is 5.75 Å². The minimum absolute atomic E-state index is 0.0637. The van der Waals surface area contributed by atoms with Crippen molar-refractivity contribution in [1.29, 1.82) is 0 Å². The van der Waals surface area contributed by atoms with E-state index in [1.165, 1.54) is 30.7 Å². The molecule has 1 saturated carbocycles. The number of carbonyl (C=O) groups excluding carboxylic acids is 1. The molecule has 2 aliphatic heterocycles. The molecule has 5 nitrogen and oxygen atoms in total. The van der Waals surface area contributed by atoms with Crippen LogP contribution in [0.5, 0.6) is 5.75 Å². The number of amides is 1. The fourth-order valence-electron chi connectivity index (χ4n) is 4.42. The van der Waals surface area contributed by atoms with Gasteiger partial charge in [0.1, 0.15) is 11.9 Å². The van der Waals surface area contributed by atoms with Gasteiger partial charge < -0.3 is 9.64 Å². The van der Waals surface area contributed by atoms with E-state index >= 15 is 0 Å². The molecule has 0 aromatic heterocycles. The molecule has 3 fully saturated rings. The topological polar surface area (TPSA) is 42.0 Å². The van der Waals surface area contributed by atoms with Crippen LogP contribution in [0.25, 0.3) is 0 Å². The van der Waals surface area contributed by atoms with Gasteiger partial charge in [-0.15, -0.1) is 0 Å². The summed E-state index contributed by atoms with van der Waals surface area (Å²) >= 11 is 0. The molecule has 0 spiro atoms. The number of ether oxygens (including phenoxy) is 1. The molecule has 0 atom stereocenters. The number of rotatable bonds is 4. The largest absolute Gasteiger partial charge is 0.490 e. The summed E-state index contributed by atoms with van der Waals surface area (Å²) in [6.45, 7) is 3.57. The van der Waals surface area contributed by atoms with Gasteiger partial charge in [-0.25, -0.2) is 5.06 Å². The van der Waals surface area contributed by atoms with Crippen LogP contribution in [-0.2, 0) is 4.84 Å². The number of nitrogens with zero attached hydrogens (tertiary/aromatic N) is 2. The van der Waals surface area contributed by atoms with E-state index in [9.17, 15) is 4.79 Å². The molecule has 1 aromatic carbocycles. The molecular weight excluding hydrogens is 328 g/mol. The molecular formula is C21H30N2O3. The fraction of sp³-hybridized carbons (Fsp3) is 0.667. The molecule has 0 bridgehead atoms. The van der Waals surface area contributed by atoms with Gasteiger partial charge in [0, 0.05) is 31.2 Å². The number of hydrogen-bond acceptors (Lipinski definition) is 4. The monoisotopic (exact) mass is 358 g/mol. The first-order valence-electron chi connectivity index (χ1n) is 10.3. The Morgan fingerprint density at radius 3 is 2.54 bits per heavy atom. The van der Waals surface area contributed by atoms with Gasteiger partial charge in [-0.3, -0.25) is 9.63 Å². The molecule has 3 aliphatic rings. The van der Waals surface area contributed by atoms with Crippen molar-refractivity contribution in [2.24, 2.45) is 0 Å². The Hall–Kier alpha value is -1.59. The molecule has 0 unspecified atom stereocenters. The van der Waals surface area contributed by atoms with E-state index in [4.69, 9.17) is 9.57 Å². The second-order valence-corrected chi connectivity index (χ2v) is 7.77. The third-order valence-corrected chi connectivity index (χ3v) is 5.93. The quantitative estimate of drug-likeness (QED) is 0.824. The van der Waals surface area contributed by atoms with Crippen molar-refractivity contribution in [3.63, 3.8) is 0 Å². The van der Waals surface area contributed by atoms with E-state index in [0.717, 1.165) is 50.6 Å². The highest BCUT2D eigenvalue weighted by molar-refractivity contribution is 5.93. The molecule has 5 heteroatoms. The van der Waals surface area contributed by atoms with Gasteiger partial charge in [-0.2, -0.15) is 0 Å². The second kappa shape index (κ2) is 8.40. The molecule has 142 valence electrons. The highest BCUT2D eigenvalue weighted by atomic mass is 16.7. The zero-order chi connectivity index (χ0) is 17.8. The molecule has 0 N–H and O–H groups in total. The zero-order valence-corrected chi connectivity index (χ0v) is 15.6. The third kappa shape index (κ3) is 4.21. The van der Waals surface area contributed by atoms with Gasteiger partial charge in [0.15, 0.2) is 0 Å². The normalized spacial score (nSPS) is 23.3. The summed E-state index contributed by atoms with van der Waals surface area (Å²) in [5.41, 5.74) is 0.646. The van der Waals surface area contributed by atoms with E-state index in [0.29, 0.717) is 18.7 Å². The summed E-state index contributed by atoms with van der Waals surface area (Å²) in [6.07, 6.45) is 9.94. The summed E-state index contributed by atoms with van der Waals surface area (Å²) in [7, 11) is 0. The van der Waals surface area contributed by atoms with Gasteiger partial charge in [0.05, 0.1) is 6.61 Å². The number of hydrogen-bond donors (Lipinski definition) is 0. The average molecular weight is 358 g/mol. The van der Waals surface area contributed by atoms with Crippen LogP contribution in [-0.4, -0.2) is 54.3 Å². The van der Waals surface area contributed by atoms with Crippen molar-refractivity contribution >= 4 is 5.91 Å². The number of piperidine rings is 1. The molecule has 1 aliphatic carbocycles. The Morgan fingerprint density at radius 2 is 1.81 bits per heavy atom. The van der Waals surface area contributed by atoms with Crippen molar-refractivity contribution in [2.75, 3.05) is 26.2 Å². The second-order valence-electron chi connectivity index (χ2n) is 7.77. The smallest absolute Gasteiger partial charge is 0.277 e. The number of hydroxylamine groups is 2. The van der Waals surface area contributed by atoms with Gasteiger partial charge in [0.2, 0.25) is 0 Å². The molecule has 4 rings (SSSR count). The van der Waals surface area contributed by atoms with Crippen molar-refractivity contribution in [2.45, 2.75) is 63.5 Å². The first-order valence-corrected chi connectivity index (χ1v) is 10.3. The first-order chi connectivity index (χ1) is 12.8. The standard InChI is InChI=1S/C21H30N2O3/c24-21(23-12-3-4-15-25-23)17-6-5-9-20(16-17)26-19-10-13-22(14-11-19)18-7-1-2-8-18/h5-6,9,16,18-19H,1-4,7-8,10-15H2. The predicted molar refractivity (Wildman–Crippen MR) is 100 cm³/mol. The van der Waals surface area contributed by atoms with Crippen LogP contribution < -0.4 is 4.74 Å². The molecule has 1 aromatic rings. The highest BCUT2D eigenvalue weighted by Gasteiger charge is 2.28. The summed E-state index contributed by atoms with van der Waals surface area (Å²) < 4.78 is 6.21. The zero-order valence-electron chi connectivity index (χ0n) is 15.6. The molecule has 2 saturated heterocycles. The lowest BCUT2D eigenvalue weighted by Crippen LogP contribution is -2.43. The maximum atomic E-state index is 12.6. The lowest BCUT2D eigenvalue weighted by molar-refractivity contribution is -0.144. The van der Waals surface area contributed by atoms with E-state index in [1.54, 1.807) is 0 Å². The summed E-state index contributed by atoms with van der Waals surface area (Å²) in [6, 6.07) is 8.37. The minimum atomic E-state index is -0.0637. The van der Waals surface area contributed by atoms with Crippen LogP contribution in [0.3, 0.4) is 0 Å². The van der Waals surface area contributed by atoms with Crippen molar-refractivity contribution in [1.82, 2.24) is 9.96 Å². The van der Waals surface area contributed by atoms with Gasteiger partial charge in [-0.05, 0) is 56.7 Å². The Labute approximate surface area is 156 Å². The third-order valence-electron chi connectivity index (χ3n) is 5.93. The fourth-order valence-corrected chi connectivity index (χ4v) is 4.42. The maximum Gasteiger partial charge on any atom is 0.277 e. The van der Waals surface area contributed by atoms with E-state index in [-0.39, 0.29) is 12.0 Å². The molecule has 0 radical (unpaired) electrons. The van der Waals surface area contributed by atoms with Crippen molar-refractivity contribution < 1.29 is 14.4 Å². The Balaban J connectivity index is 1.32. The summed E-state index contributed by atoms with van der Waals surface area (Å²) in [4.78, 5) is 20.7. The predicted octanol–water partition coefficient (Wildman–Crippen LogP) is 3.64. The number of carbonyl (C=O) groups is 1. The van der Waals surface area contributed by atoms with Crippen molar-refractivity contribution in [3.05, 3.63) is 29.8 Å². The van der Waals surface area contributed by atoms with Crippen LogP contribution in [0.15, 0.2) is 24.3 Å². The van der Waals surface area contributed by atoms with Crippen LogP contribution in [0.4, 0.5) is 0 Å². The van der Waals surface area contributed by atoms with E-state index in [2.05, 4.69) is 4.90 Å². The minimum Gasteiger partial charge on any atom is -0.490 e.